The summed E-state index contributed by atoms with van der Waals surface area (Å²) in [5.41, 5.74) is 0.124. The third-order valence-electron chi connectivity index (χ3n) is 5.86. The Hall–Kier alpha value is -3.85. The molecule has 40 heavy (non-hydrogen) atoms. The van der Waals surface area contributed by atoms with Crippen molar-refractivity contribution in [2.24, 2.45) is 5.10 Å². The number of halogens is 6. The molecule has 5 nitrogen and oxygen atoms in total. The molecular formula is C29H17Cl3F3N3O2. The van der Waals surface area contributed by atoms with Gasteiger partial charge in [0.15, 0.2) is 5.82 Å². The van der Waals surface area contributed by atoms with Crippen molar-refractivity contribution < 1.29 is 17.9 Å². The van der Waals surface area contributed by atoms with E-state index in [1.165, 1.54) is 18.3 Å². The number of hydrogen-bond acceptors (Lipinski definition) is 4. The summed E-state index contributed by atoms with van der Waals surface area (Å²) >= 11 is 18.3. The van der Waals surface area contributed by atoms with Crippen LogP contribution in [0.2, 0.25) is 15.1 Å². The molecule has 0 aliphatic carbocycles. The number of hydrogen-bond donors (Lipinski definition) is 0. The Morgan fingerprint density at radius 2 is 1.70 bits per heavy atom. The topological polar surface area (TPSA) is 56.5 Å². The van der Waals surface area contributed by atoms with Crippen LogP contribution in [0.15, 0.2) is 94.8 Å². The molecule has 0 fully saturated rings. The Labute approximate surface area is 241 Å². The van der Waals surface area contributed by atoms with Crippen molar-refractivity contribution >= 4 is 51.9 Å². The summed E-state index contributed by atoms with van der Waals surface area (Å²) in [4.78, 5) is 17.9. The number of fused-ring (bicyclic) bond motifs is 1. The third kappa shape index (κ3) is 5.99. The molecular weight excluding hydrogens is 586 g/mol. The van der Waals surface area contributed by atoms with Crippen LogP contribution in [0.3, 0.4) is 0 Å². The average Bonchev–Trinajstić information content (AvgIpc) is 2.93. The number of aromatic nitrogens is 2. The minimum Gasteiger partial charge on any atom is -0.488 e. The molecule has 0 aliphatic heterocycles. The third-order valence-corrected chi connectivity index (χ3v) is 6.84. The number of rotatable bonds is 6. The lowest BCUT2D eigenvalue weighted by Crippen LogP contribution is -2.20. The molecule has 11 heteroatoms. The Balaban J connectivity index is 1.58. The maximum absolute atomic E-state index is 13.5. The van der Waals surface area contributed by atoms with Crippen LogP contribution in [0.1, 0.15) is 16.7 Å². The minimum absolute atomic E-state index is 0.0636. The summed E-state index contributed by atoms with van der Waals surface area (Å²) < 4.78 is 47.2. The maximum Gasteiger partial charge on any atom is 0.416 e. The molecule has 4 aromatic carbocycles. The van der Waals surface area contributed by atoms with E-state index in [1.807, 2.05) is 0 Å². The zero-order valence-corrected chi connectivity index (χ0v) is 22.6. The summed E-state index contributed by atoms with van der Waals surface area (Å²) in [5.74, 6) is 0.327. The van der Waals surface area contributed by atoms with Crippen molar-refractivity contribution in [1.29, 1.82) is 0 Å². The van der Waals surface area contributed by atoms with Crippen molar-refractivity contribution in [3.05, 3.63) is 127 Å². The molecule has 0 unspecified atom stereocenters. The molecule has 0 bridgehead atoms. The maximum atomic E-state index is 13.5. The van der Waals surface area contributed by atoms with Crippen LogP contribution < -0.4 is 10.3 Å². The standard InChI is InChI=1S/C29H17Cl3F3N3O2/c30-21-9-11-26(40-16-17-8-10-23(31)24(32)12-17)19(14-21)15-36-38-27(18-4-3-5-20(13-18)29(33,34)35)37-25-7-2-1-6-22(25)28(38)39/h1-15H,16H2. The SMILES string of the molecule is O=c1c2ccccc2nc(-c2cccc(C(F)(F)F)c2)n1N=Cc1cc(Cl)ccc1OCc1ccc(Cl)c(Cl)c1. The Morgan fingerprint density at radius 3 is 2.48 bits per heavy atom. The van der Waals surface area contributed by atoms with Gasteiger partial charge < -0.3 is 4.74 Å². The lowest BCUT2D eigenvalue weighted by Gasteiger charge is -2.13. The fourth-order valence-corrected chi connectivity index (χ4v) is 4.42. The van der Waals surface area contributed by atoms with Gasteiger partial charge in [-0.1, -0.05) is 65.1 Å². The number of ether oxygens (including phenoxy) is 1. The zero-order chi connectivity index (χ0) is 28.4. The highest BCUT2D eigenvalue weighted by Gasteiger charge is 2.31. The highest BCUT2D eigenvalue weighted by Crippen LogP contribution is 2.32. The summed E-state index contributed by atoms with van der Waals surface area (Å²) in [6, 6.07) is 21.0. The first-order valence-electron chi connectivity index (χ1n) is 11.7. The molecule has 1 aromatic heterocycles. The first-order chi connectivity index (χ1) is 19.1. The van der Waals surface area contributed by atoms with Gasteiger partial charge in [-0.3, -0.25) is 4.79 Å². The van der Waals surface area contributed by atoms with E-state index in [-0.39, 0.29) is 23.4 Å². The molecule has 0 amide bonds. The quantitative estimate of drug-likeness (QED) is 0.183. The Morgan fingerprint density at radius 1 is 0.900 bits per heavy atom. The normalized spacial score (nSPS) is 11.8. The van der Waals surface area contributed by atoms with Gasteiger partial charge in [0, 0.05) is 16.1 Å². The van der Waals surface area contributed by atoms with Gasteiger partial charge in [0.1, 0.15) is 12.4 Å². The molecule has 0 N–H and O–H groups in total. The highest BCUT2D eigenvalue weighted by atomic mass is 35.5. The smallest absolute Gasteiger partial charge is 0.416 e. The number of alkyl halides is 3. The highest BCUT2D eigenvalue weighted by molar-refractivity contribution is 6.42. The Kier molecular flexibility index (Phi) is 7.85. The van der Waals surface area contributed by atoms with E-state index in [9.17, 15) is 18.0 Å². The van der Waals surface area contributed by atoms with Gasteiger partial charge in [-0.2, -0.15) is 22.9 Å². The van der Waals surface area contributed by atoms with E-state index < -0.39 is 17.3 Å². The van der Waals surface area contributed by atoms with Crippen molar-refractivity contribution in [2.45, 2.75) is 12.8 Å². The monoisotopic (exact) mass is 601 g/mol. The van der Waals surface area contributed by atoms with Crippen LogP contribution in [0.5, 0.6) is 5.75 Å². The molecule has 0 radical (unpaired) electrons. The first kappa shape index (κ1) is 27.7. The number of nitrogens with zero attached hydrogens (tertiary/aromatic N) is 3. The van der Waals surface area contributed by atoms with Gasteiger partial charge in [-0.05, 0) is 60.2 Å². The molecule has 0 aliphatic rings. The van der Waals surface area contributed by atoms with Gasteiger partial charge >= 0.3 is 6.18 Å². The minimum atomic E-state index is -4.58. The van der Waals surface area contributed by atoms with Crippen LogP contribution in [-0.4, -0.2) is 15.9 Å². The lowest BCUT2D eigenvalue weighted by atomic mass is 10.1. The van der Waals surface area contributed by atoms with E-state index in [0.717, 1.165) is 22.4 Å². The molecule has 0 spiro atoms. The van der Waals surface area contributed by atoms with Crippen LogP contribution in [0.4, 0.5) is 13.2 Å². The fourth-order valence-electron chi connectivity index (χ4n) is 3.91. The molecule has 1 heterocycles. The van der Waals surface area contributed by atoms with Crippen LogP contribution >= 0.6 is 34.8 Å². The van der Waals surface area contributed by atoms with Gasteiger partial charge in [0.2, 0.25) is 0 Å². The first-order valence-corrected chi connectivity index (χ1v) is 12.8. The molecule has 5 rings (SSSR count). The molecule has 5 aromatic rings. The summed E-state index contributed by atoms with van der Waals surface area (Å²) in [6.07, 6.45) is -3.24. The predicted octanol–water partition coefficient (Wildman–Crippen LogP) is 8.50. The summed E-state index contributed by atoms with van der Waals surface area (Å²) in [6.45, 7) is 0.145. The van der Waals surface area contributed by atoms with Crippen molar-refractivity contribution in [3.8, 4) is 17.1 Å². The van der Waals surface area contributed by atoms with E-state index in [2.05, 4.69) is 10.1 Å². The van der Waals surface area contributed by atoms with Crippen molar-refractivity contribution in [1.82, 2.24) is 9.66 Å². The Bertz CT molecular complexity index is 1820. The van der Waals surface area contributed by atoms with Gasteiger partial charge in [-0.25, -0.2) is 4.98 Å². The summed E-state index contributed by atoms with van der Waals surface area (Å²) in [5, 5.41) is 5.76. The van der Waals surface area contributed by atoms with E-state index >= 15 is 0 Å². The van der Waals surface area contributed by atoms with E-state index in [0.29, 0.717) is 31.9 Å². The second-order valence-electron chi connectivity index (χ2n) is 8.61. The van der Waals surface area contributed by atoms with Gasteiger partial charge in [0.25, 0.3) is 5.56 Å². The van der Waals surface area contributed by atoms with Crippen LogP contribution in [-0.2, 0) is 12.8 Å². The van der Waals surface area contributed by atoms with E-state index in [4.69, 9.17) is 39.5 Å². The molecule has 0 saturated heterocycles. The fraction of sp³-hybridized carbons (Fsp3) is 0.0690. The van der Waals surface area contributed by atoms with Crippen LogP contribution in [0, 0.1) is 0 Å². The van der Waals surface area contributed by atoms with Crippen molar-refractivity contribution in [3.63, 3.8) is 0 Å². The van der Waals surface area contributed by atoms with Gasteiger partial charge in [0.05, 0.1) is 32.7 Å². The second-order valence-corrected chi connectivity index (χ2v) is 9.86. The molecule has 0 saturated carbocycles. The lowest BCUT2D eigenvalue weighted by molar-refractivity contribution is -0.137. The van der Waals surface area contributed by atoms with E-state index in [1.54, 1.807) is 60.7 Å². The zero-order valence-electron chi connectivity index (χ0n) is 20.3. The largest absolute Gasteiger partial charge is 0.488 e. The van der Waals surface area contributed by atoms with Crippen molar-refractivity contribution in [2.75, 3.05) is 0 Å². The van der Waals surface area contributed by atoms with Gasteiger partial charge in [-0.15, -0.1) is 0 Å². The average molecular weight is 603 g/mol. The molecule has 0 atom stereocenters. The number of benzene rings is 4. The molecule has 202 valence electrons. The second kappa shape index (κ2) is 11.3. The number of para-hydroxylation sites is 1. The predicted molar refractivity (Wildman–Crippen MR) is 152 cm³/mol. The van der Waals surface area contributed by atoms with Crippen LogP contribution in [0.25, 0.3) is 22.3 Å². The summed E-state index contributed by atoms with van der Waals surface area (Å²) in [7, 11) is 0.